The summed E-state index contributed by atoms with van der Waals surface area (Å²) in [7, 11) is 0. The van der Waals surface area contributed by atoms with E-state index in [4.69, 9.17) is 0 Å². The normalized spacial score (nSPS) is 11.4. The summed E-state index contributed by atoms with van der Waals surface area (Å²) in [6.07, 6.45) is 8.43. The molecule has 0 saturated carbocycles. The summed E-state index contributed by atoms with van der Waals surface area (Å²) < 4.78 is 0. The Kier molecular flexibility index (Phi) is 6.46. The van der Waals surface area contributed by atoms with Crippen molar-refractivity contribution in [2.75, 3.05) is 0 Å². The third-order valence-corrected chi connectivity index (χ3v) is 8.80. The van der Waals surface area contributed by atoms with Crippen molar-refractivity contribution < 1.29 is 0 Å². The highest BCUT2D eigenvalue weighted by atomic mass is 14.6. The molecule has 0 aliphatic rings. The molecule has 2 aromatic heterocycles. The van der Waals surface area contributed by atoms with Crippen LogP contribution in [0, 0.1) is 0 Å². The van der Waals surface area contributed by atoms with E-state index >= 15 is 0 Å². The van der Waals surface area contributed by atoms with E-state index in [1.54, 1.807) is 0 Å². The van der Waals surface area contributed by atoms with Crippen molar-refractivity contribution in [3.05, 3.63) is 158 Å². The largest absolute Gasteiger partial charge is 0.265 e. The molecule has 0 atom stereocenters. The summed E-state index contributed by atoms with van der Waals surface area (Å²) in [6, 6.07) is 46.7. The lowest BCUT2D eigenvalue weighted by Crippen LogP contribution is -1.88. The fraction of sp³-hybridized carbons (Fsp3) is 0.0476. The summed E-state index contributed by atoms with van der Waals surface area (Å²) in [5.41, 5.74) is 10.8. The molecule has 208 valence electrons. The van der Waals surface area contributed by atoms with Gasteiger partial charge in [0.05, 0.1) is 0 Å². The number of aryl methyl sites for hydroxylation is 1. The van der Waals surface area contributed by atoms with Crippen LogP contribution in [-0.2, 0) is 6.42 Å². The third kappa shape index (κ3) is 4.62. The highest BCUT2D eigenvalue weighted by Crippen LogP contribution is 2.39. The third-order valence-electron chi connectivity index (χ3n) is 8.80. The van der Waals surface area contributed by atoms with Crippen molar-refractivity contribution in [1.29, 1.82) is 0 Å². The molecule has 0 radical (unpaired) electrons. The molecule has 0 bridgehead atoms. The minimum atomic E-state index is 1.03. The first kappa shape index (κ1) is 26.1. The van der Waals surface area contributed by atoms with E-state index in [2.05, 4.69) is 144 Å². The van der Waals surface area contributed by atoms with Gasteiger partial charge in [-0.2, -0.15) is 0 Å². The van der Waals surface area contributed by atoms with Gasteiger partial charge in [0.25, 0.3) is 0 Å². The van der Waals surface area contributed by atoms with Gasteiger partial charge in [0.1, 0.15) is 0 Å². The lowest BCUT2D eigenvalue weighted by atomic mass is 9.90. The number of pyridine rings is 2. The molecule has 0 aliphatic carbocycles. The summed E-state index contributed by atoms with van der Waals surface area (Å²) in [5.74, 6) is 0. The average Bonchev–Trinajstić information content (AvgIpc) is 3.12. The zero-order valence-corrected chi connectivity index (χ0v) is 24.5. The van der Waals surface area contributed by atoms with Crippen molar-refractivity contribution in [3.8, 4) is 44.5 Å². The number of nitrogens with zero attached hydrogens (tertiary/aromatic N) is 2. The van der Waals surface area contributed by atoms with Crippen LogP contribution in [0.3, 0.4) is 0 Å². The van der Waals surface area contributed by atoms with Crippen LogP contribution < -0.4 is 0 Å². The highest BCUT2D eigenvalue weighted by molar-refractivity contribution is 6.25. The molecular formula is C42H30N2. The average molecular weight is 563 g/mol. The second kappa shape index (κ2) is 10.9. The van der Waals surface area contributed by atoms with E-state index in [-0.39, 0.29) is 0 Å². The molecule has 0 saturated heterocycles. The monoisotopic (exact) mass is 562 g/mol. The minimum Gasteiger partial charge on any atom is -0.265 e. The molecule has 2 heterocycles. The molecule has 6 aromatic carbocycles. The Morgan fingerprint density at radius 2 is 0.795 bits per heavy atom. The number of hydrogen-bond donors (Lipinski definition) is 0. The van der Waals surface area contributed by atoms with E-state index < -0.39 is 0 Å². The van der Waals surface area contributed by atoms with Crippen molar-refractivity contribution in [3.63, 3.8) is 0 Å². The van der Waals surface area contributed by atoms with E-state index in [1.807, 2.05) is 24.8 Å². The van der Waals surface area contributed by atoms with Crippen molar-refractivity contribution in [1.82, 2.24) is 9.97 Å². The van der Waals surface area contributed by atoms with Gasteiger partial charge in [0.2, 0.25) is 0 Å². The smallest absolute Gasteiger partial charge is 0.0273 e. The second-order valence-electron chi connectivity index (χ2n) is 11.4. The Bertz CT molecular complexity index is 2250. The van der Waals surface area contributed by atoms with Gasteiger partial charge in [-0.15, -0.1) is 0 Å². The summed E-state index contributed by atoms with van der Waals surface area (Å²) >= 11 is 0. The Balaban J connectivity index is 1.29. The Hall–Kier alpha value is -5.60. The molecular weight excluding hydrogens is 532 g/mol. The van der Waals surface area contributed by atoms with Crippen LogP contribution in [0.1, 0.15) is 12.5 Å². The molecule has 0 N–H and O–H groups in total. The quantitative estimate of drug-likeness (QED) is 0.195. The Morgan fingerprint density at radius 1 is 0.341 bits per heavy atom. The molecule has 8 rings (SSSR count). The fourth-order valence-corrected chi connectivity index (χ4v) is 6.50. The first-order chi connectivity index (χ1) is 21.7. The molecule has 0 aliphatic heterocycles. The maximum Gasteiger partial charge on any atom is 0.0273 e. The summed E-state index contributed by atoms with van der Waals surface area (Å²) in [4.78, 5) is 8.47. The van der Waals surface area contributed by atoms with Gasteiger partial charge in [-0.3, -0.25) is 9.97 Å². The first-order valence-electron chi connectivity index (χ1n) is 15.2. The second-order valence-corrected chi connectivity index (χ2v) is 11.4. The molecule has 44 heavy (non-hydrogen) atoms. The van der Waals surface area contributed by atoms with Gasteiger partial charge in [-0.1, -0.05) is 79.7 Å². The number of aromatic nitrogens is 2. The Labute approximate surface area is 257 Å². The van der Waals surface area contributed by atoms with Crippen LogP contribution in [0.2, 0.25) is 0 Å². The highest BCUT2D eigenvalue weighted by Gasteiger charge is 2.12. The van der Waals surface area contributed by atoms with Crippen LogP contribution in [0.4, 0.5) is 0 Å². The molecule has 0 amide bonds. The zero-order chi connectivity index (χ0) is 29.5. The van der Waals surface area contributed by atoms with E-state index in [0.29, 0.717) is 0 Å². The predicted octanol–water partition coefficient (Wildman–Crippen LogP) is 11.2. The molecule has 0 unspecified atom stereocenters. The van der Waals surface area contributed by atoms with Crippen molar-refractivity contribution in [2.24, 2.45) is 0 Å². The lowest BCUT2D eigenvalue weighted by Gasteiger charge is -2.14. The van der Waals surface area contributed by atoms with Gasteiger partial charge in [0, 0.05) is 24.8 Å². The molecule has 8 aromatic rings. The van der Waals surface area contributed by atoms with Crippen LogP contribution in [0.25, 0.3) is 76.8 Å². The number of rotatable bonds is 5. The van der Waals surface area contributed by atoms with Gasteiger partial charge < -0.3 is 0 Å². The molecule has 2 heteroatoms. The van der Waals surface area contributed by atoms with E-state index in [0.717, 1.165) is 28.7 Å². The van der Waals surface area contributed by atoms with Crippen LogP contribution in [-0.4, -0.2) is 9.97 Å². The van der Waals surface area contributed by atoms with Crippen molar-refractivity contribution in [2.45, 2.75) is 13.3 Å². The van der Waals surface area contributed by atoms with Crippen LogP contribution in [0.15, 0.2) is 152 Å². The Morgan fingerprint density at radius 3 is 1.43 bits per heavy atom. The van der Waals surface area contributed by atoms with Crippen LogP contribution in [0.5, 0.6) is 0 Å². The maximum absolute atomic E-state index is 4.23. The summed E-state index contributed by atoms with van der Waals surface area (Å²) in [5, 5.41) is 7.85. The number of benzene rings is 6. The van der Waals surface area contributed by atoms with Crippen molar-refractivity contribution >= 4 is 32.3 Å². The number of hydrogen-bond acceptors (Lipinski definition) is 2. The number of fused-ring (bicyclic) bond motifs is 6. The van der Waals surface area contributed by atoms with Crippen LogP contribution >= 0.6 is 0 Å². The SMILES string of the molecule is CCc1ccc2c(c1)c1ccccc1c1ccc(-c3cccc(-c4cc(-c5ccncc5)cc(-c5ccncc5)c4)c3)cc12. The van der Waals surface area contributed by atoms with Gasteiger partial charge in [0.15, 0.2) is 0 Å². The van der Waals surface area contributed by atoms with Gasteiger partial charge in [-0.05, 0) is 143 Å². The molecule has 0 fully saturated rings. The first-order valence-corrected chi connectivity index (χ1v) is 15.2. The van der Waals surface area contributed by atoms with E-state index in [1.165, 1.54) is 60.1 Å². The lowest BCUT2D eigenvalue weighted by molar-refractivity contribution is 1.15. The van der Waals surface area contributed by atoms with E-state index in [9.17, 15) is 0 Å². The van der Waals surface area contributed by atoms with Gasteiger partial charge in [-0.25, -0.2) is 0 Å². The standard InChI is InChI=1S/C42H30N2/c1-2-28-10-12-40-41(22-28)38-9-4-3-8-37(38)39-13-11-33(27-42(39)40)31-6-5-7-32(23-31)36-25-34(29-14-18-43-19-15-29)24-35(26-36)30-16-20-44-21-17-30/h3-27H,2H2,1H3. The zero-order valence-electron chi connectivity index (χ0n) is 24.5. The van der Waals surface area contributed by atoms with Gasteiger partial charge >= 0.3 is 0 Å². The predicted molar refractivity (Wildman–Crippen MR) is 186 cm³/mol. The minimum absolute atomic E-state index is 1.03. The summed E-state index contributed by atoms with van der Waals surface area (Å²) in [6.45, 7) is 2.22. The fourth-order valence-electron chi connectivity index (χ4n) is 6.50. The topological polar surface area (TPSA) is 25.8 Å². The maximum atomic E-state index is 4.23. The molecule has 2 nitrogen and oxygen atoms in total. The molecule has 0 spiro atoms.